The lowest BCUT2D eigenvalue weighted by Gasteiger charge is -2.24. The van der Waals surface area contributed by atoms with Gasteiger partial charge in [0.2, 0.25) is 0 Å². The topological polar surface area (TPSA) is 84.4 Å². The molecule has 2 aromatic rings. The quantitative estimate of drug-likeness (QED) is 0.662. The molecule has 1 aliphatic carbocycles. The number of nitrogens with one attached hydrogen (secondary N) is 1. The van der Waals surface area contributed by atoms with Crippen molar-refractivity contribution in [2.45, 2.75) is 51.7 Å². The second kappa shape index (κ2) is 7.46. The number of aryl methyl sites for hydroxylation is 1. The highest BCUT2D eigenvalue weighted by Crippen LogP contribution is 2.18. The number of aromatic nitrogens is 4. The molecule has 1 N–H and O–H groups in total. The van der Waals surface area contributed by atoms with Crippen molar-refractivity contribution in [3.8, 4) is 0 Å². The van der Waals surface area contributed by atoms with E-state index in [-0.39, 0.29) is 0 Å². The van der Waals surface area contributed by atoms with Crippen molar-refractivity contribution < 1.29 is 4.52 Å². The predicted octanol–water partition coefficient (Wildman–Crippen LogP) is 1.63. The van der Waals surface area contributed by atoms with Crippen molar-refractivity contribution in [1.82, 2.24) is 30.1 Å². The fraction of sp³-hybridized carbons (Fsp3) is 0.625. The van der Waals surface area contributed by atoms with Crippen LogP contribution in [0.1, 0.15) is 43.0 Å². The third-order valence-corrected chi connectivity index (χ3v) is 4.49. The molecule has 0 radical (unpaired) electrons. The van der Waals surface area contributed by atoms with Crippen molar-refractivity contribution in [3.63, 3.8) is 0 Å². The first-order chi connectivity index (χ1) is 11.6. The van der Waals surface area contributed by atoms with Gasteiger partial charge in [0.25, 0.3) is 0 Å². The summed E-state index contributed by atoms with van der Waals surface area (Å²) in [5, 5.41) is 15.8. The van der Waals surface area contributed by atoms with Gasteiger partial charge in [0.15, 0.2) is 11.8 Å². The lowest BCUT2D eigenvalue weighted by Crippen LogP contribution is -2.43. The monoisotopic (exact) mass is 331 g/mol. The van der Waals surface area contributed by atoms with Crippen LogP contribution in [-0.2, 0) is 20.1 Å². The first kappa shape index (κ1) is 16.5. The molecule has 0 atom stereocenters. The van der Waals surface area contributed by atoms with E-state index in [0.717, 1.165) is 23.3 Å². The molecule has 2 aromatic heterocycles. The summed E-state index contributed by atoms with van der Waals surface area (Å²) >= 11 is 0. The Morgan fingerprint density at radius 2 is 2.21 bits per heavy atom. The van der Waals surface area contributed by atoms with Gasteiger partial charge < -0.3 is 19.3 Å². The third-order valence-electron chi connectivity index (χ3n) is 4.49. The normalized spacial score (nSPS) is 15.9. The first-order valence-corrected chi connectivity index (χ1v) is 8.39. The second-order valence-electron chi connectivity index (χ2n) is 6.33. The summed E-state index contributed by atoms with van der Waals surface area (Å²) in [5.41, 5.74) is 0.882. The number of guanidine groups is 1. The highest BCUT2D eigenvalue weighted by atomic mass is 16.5. The summed E-state index contributed by atoms with van der Waals surface area (Å²) < 4.78 is 6.88. The van der Waals surface area contributed by atoms with Crippen LogP contribution >= 0.6 is 0 Å². The zero-order valence-corrected chi connectivity index (χ0v) is 14.6. The number of hydrogen-bond acceptors (Lipinski definition) is 5. The summed E-state index contributed by atoms with van der Waals surface area (Å²) in [6.45, 7) is 3.08. The van der Waals surface area contributed by atoms with Gasteiger partial charge in [-0.05, 0) is 19.8 Å². The molecule has 24 heavy (non-hydrogen) atoms. The largest absolute Gasteiger partial charge is 0.364 e. The van der Waals surface area contributed by atoms with Gasteiger partial charge in [-0.1, -0.05) is 18.0 Å². The maximum atomic E-state index is 4.92. The van der Waals surface area contributed by atoms with Crippen LogP contribution in [0, 0.1) is 6.92 Å². The molecule has 1 aliphatic rings. The molecule has 0 aromatic carbocycles. The number of rotatable bonds is 5. The Hall–Kier alpha value is -2.38. The van der Waals surface area contributed by atoms with Gasteiger partial charge in [-0.15, -0.1) is 10.2 Å². The Morgan fingerprint density at radius 3 is 2.83 bits per heavy atom. The summed E-state index contributed by atoms with van der Waals surface area (Å²) in [5.74, 6) is 2.61. The zero-order valence-electron chi connectivity index (χ0n) is 14.6. The van der Waals surface area contributed by atoms with E-state index in [1.165, 1.54) is 25.7 Å². The van der Waals surface area contributed by atoms with E-state index in [9.17, 15) is 0 Å². The summed E-state index contributed by atoms with van der Waals surface area (Å²) in [6.07, 6.45) is 6.54. The van der Waals surface area contributed by atoms with Crippen LogP contribution in [0.25, 0.3) is 0 Å². The molecule has 1 saturated carbocycles. The average Bonchev–Trinajstić information content (AvgIpc) is 3.30. The van der Waals surface area contributed by atoms with E-state index in [4.69, 9.17) is 9.52 Å². The van der Waals surface area contributed by atoms with Crippen LogP contribution in [0.15, 0.2) is 21.8 Å². The number of nitrogens with zero attached hydrogens (tertiary/aromatic N) is 6. The van der Waals surface area contributed by atoms with E-state index >= 15 is 0 Å². The molecular formula is C16H25N7O. The first-order valence-electron chi connectivity index (χ1n) is 8.39. The van der Waals surface area contributed by atoms with Gasteiger partial charge >= 0.3 is 0 Å². The summed E-state index contributed by atoms with van der Waals surface area (Å²) in [4.78, 5) is 6.83. The Kier molecular flexibility index (Phi) is 5.12. The Bertz CT molecular complexity index is 671. The molecule has 0 amide bonds. The van der Waals surface area contributed by atoms with Gasteiger partial charge in [0.05, 0.1) is 6.54 Å². The van der Waals surface area contributed by atoms with Gasteiger partial charge in [0, 0.05) is 26.2 Å². The molecule has 0 aliphatic heterocycles. The van der Waals surface area contributed by atoms with Crippen molar-refractivity contribution in [3.05, 3.63) is 29.7 Å². The average molecular weight is 331 g/mol. The molecule has 2 heterocycles. The number of aliphatic imine (C=N–C) groups is 1. The number of hydrogen-bond donors (Lipinski definition) is 1. The SMILES string of the molecule is Cc1nnc(CN=C(NC2CCCC2)N(C)Cc2ccon2)n1C. The third kappa shape index (κ3) is 3.93. The van der Waals surface area contributed by atoms with Crippen LogP contribution in [0.4, 0.5) is 0 Å². The molecule has 0 spiro atoms. The van der Waals surface area contributed by atoms with Crippen LogP contribution in [0.5, 0.6) is 0 Å². The van der Waals surface area contributed by atoms with E-state index in [1.54, 1.807) is 6.26 Å². The Labute approximate surface area is 141 Å². The fourth-order valence-corrected chi connectivity index (χ4v) is 2.90. The van der Waals surface area contributed by atoms with Crippen LogP contribution in [0.3, 0.4) is 0 Å². The van der Waals surface area contributed by atoms with Crippen LogP contribution < -0.4 is 5.32 Å². The molecular weight excluding hydrogens is 306 g/mol. The van der Waals surface area contributed by atoms with E-state index in [2.05, 4.69) is 25.6 Å². The van der Waals surface area contributed by atoms with Crippen molar-refractivity contribution in [2.75, 3.05) is 7.05 Å². The molecule has 130 valence electrons. The maximum absolute atomic E-state index is 4.92. The van der Waals surface area contributed by atoms with Crippen LogP contribution in [0.2, 0.25) is 0 Å². The Morgan fingerprint density at radius 1 is 1.42 bits per heavy atom. The lowest BCUT2D eigenvalue weighted by atomic mass is 10.2. The van der Waals surface area contributed by atoms with Gasteiger partial charge in [0.1, 0.15) is 24.3 Å². The molecule has 8 heteroatoms. The second-order valence-corrected chi connectivity index (χ2v) is 6.33. The van der Waals surface area contributed by atoms with Gasteiger partial charge in [-0.25, -0.2) is 4.99 Å². The highest BCUT2D eigenvalue weighted by Gasteiger charge is 2.19. The van der Waals surface area contributed by atoms with Crippen molar-refractivity contribution in [1.29, 1.82) is 0 Å². The minimum absolute atomic E-state index is 0.491. The lowest BCUT2D eigenvalue weighted by molar-refractivity contribution is 0.388. The minimum atomic E-state index is 0.491. The molecule has 3 rings (SSSR count). The molecule has 1 fully saturated rings. The zero-order chi connectivity index (χ0) is 16.9. The minimum Gasteiger partial charge on any atom is -0.364 e. The maximum Gasteiger partial charge on any atom is 0.194 e. The Balaban J connectivity index is 1.72. The van der Waals surface area contributed by atoms with E-state index < -0.39 is 0 Å². The summed E-state index contributed by atoms with van der Waals surface area (Å²) in [6, 6.07) is 2.36. The molecule has 0 unspecified atom stereocenters. The predicted molar refractivity (Wildman–Crippen MR) is 90.2 cm³/mol. The van der Waals surface area contributed by atoms with Crippen molar-refractivity contribution in [2.24, 2.45) is 12.0 Å². The standard InChI is InChI=1S/C16H25N7O/c1-12-19-20-15(23(12)3)10-17-16(18-13-6-4-5-7-13)22(2)11-14-8-9-24-21-14/h8-9,13H,4-7,10-11H2,1-3H3,(H,17,18). The van der Waals surface area contributed by atoms with Crippen LogP contribution in [-0.4, -0.2) is 43.9 Å². The van der Waals surface area contributed by atoms with Gasteiger partial charge in [-0.3, -0.25) is 0 Å². The molecule has 8 nitrogen and oxygen atoms in total. The highest BCUT2D eigenvalue weighted by molar-refractivity contribution is 5.80. The fourth-order valence-electron chi connectivity index (χ4n) is 2.90. The molecule has 0 bridgehead atoms. The van der Waals surface area contributed by atoms with E-state index in [0.29, 0.717) is 19.1 Å². The van der Waals surface area contributed by atoms with Crippen molar-refractivity contribution >= 4 is 5.96 Å². The van der Waals surface area contributed by atoms with E-state index in [1.807, 2.05) is 31.7 Å². The smallest absolute Gasteiger partial charge is 0.194 e. The van der Waals surface area contributed by atoms with Gasteiger partial charge in [-0.2, -0.15) is 0 Å². The molecule has 0 saturated heterocycles. The summed E-state index contributed by atoms with van der Waals surface area (Å²) in [7, 11) is 3.97.